The first-order valence-electron chi connectivity index (χ1n) is 9.04. The highest BCUT2D eigenvalue weighted by molar-refractivity contribution is 5.27. The van der Waals surface area contributed by atoms with Crippen LogP contribution >= 0.6 is 0 Å². The molecule has 0 radical (unpaired) electrons. The van der Waals surface area contributed by atoms with Crippen LogP contribution in [0.5, 0.6) is 0 Å². The number of furan rings is 1. The summed E-state index contributed by atoms with van der Waals surface area (Å²) in [4.78, 5) is 5.09. The average Bonchev–Trinajstić information content (AvgIpc) is 3.16. The maximum Gasteiger partial charge on any atom is 0.120 e. The van der Waals surface area contributed by atoms with E-state index in [0.29, 0.717) is 0 Å². The van der Waals surface area contributed by atoms with Crippen molar-refractivity contribution in [1.82, 2.24) is 15.1 Å². The van der Waals surface area contributed by atoms with E-state index in [2.05, 4.69) is 53.2 Å². The lowest BCUT2D eigenvalue weighted by Gasteiger charge is -2.34. The van der Waals surface area contributed by atoms with Gasteiger partial charge in [-0.3, -0.25) is 4.90 Å². The molecule has 1 aliphatic heterocycles. The van der Waals surface area contributed by atoms with Gasteiger partial charge in [0.25, 0.3) is 0 Å². The van der Waals surface area contributed by atoms with Gasteiger partial charge in [-0.2, -0.15) is 0 Å². The molecule has 1 aromatic heterocycles. The first-order chi connectivity index (χ1) is 11.8. The lowest BCUT2D eigenvalue weighted by molar-refractivity contribution is 0.131. The molecule has 1 aliphatic rings. The third-order valence-electron chi connectivity index (χ3n) is 4.99. The van der Waals surface area contributed by atoms with E-state index in [0.717, 1.165) is 18.8 Å². The van der Waals surface area contributed by atoms with Crippen molar-refractivity contribution in [2.24, 2.45) is 0 Å². The molecule has 0 bridgehead atoms. The predicted molar refractivity (Wildman–Crippen MR) is 97.8 cm³/mol. The maximum atomic E-state index is 5.48. The highest BCUT2D eigenvalue weighted by Crippen LogP contribution is 2.17. The fourth-order valence-corrected chi connectivity index (χ4v) is 3.29. The Bertz CT molecular complexity index is 603. The summed E-state index contributed by atoms with van der Waals surface area (Å²) in [7, 11) is 0. The van der Waals surface area contributed by atoms with Gasteiger partial charge >= 0.3 is 0 Å². The molecule has 0 saturated carbocycles. The van der Waals surface area contributed by atoms with Crippen LogP contribution in [0, 0.1) is 0 Å². The molecule has 1 unspecified atom stereocenters. The second-order valence-corrected chi connectivity index (χ2v) is 6.60. The van der Waals surface area contributed by atoms with Crippen molar-refractivity contribution >= 4 is 0 Å². The lowest BCUT2D eigenvalue weighted by Crippen LogP contribution is -2.45. The van der Waals surface area contributed by atoms with E-state index in [1.807, 2.05) is 12.1 Å². The second-order valence-electron chi connectivity index (χ2n) is 6.60. The molecule has 0 aliphatic carbocycles. The van der Waals surface area contributed by atoms with Crippen LogP contribution < -0.4 is 5.32 Å². The number of benzene rings is 1. The zero-order valence-corrected chi connectivity index (χ0v) is 14.9. The minimum Gasteiger partial charge on any atom is -0.468 e. The molecule has 2 aromatic rings. The van der Waals surface area contributed by atoms with Gasteiger partial charge in [-0.1, -0.05) is 31.2 Å². The maximum absolute atomic E-state index is 5.48. The standard InChI is InChI=1S/C20H29N3O/c1-3-22-10-12-23(13-11-22)16-19-8-5-4-7-18(19)15-21-17(2)20-9-6-14-24-20/h4-9,14,17,21H,3,10-13,15-16H2,1-2H3. The van der Waals surface area contributed by atoms with Crippen LogP contribution in [0.15, 0.2) is 47.1 Å². The highest BCUT2D eigenvalue weighted by atomic mass is 16.3. The molecule has 1 aromatic carbocycles. The molecule has 1 atom stereocenters. The molecule has 3 rings (SSSR count). The molecule has 24 heavy (non-hydrogen) atoms. The number of hydrogen-bond donors (Lipinski definition) is 1. The van der Waals surface area contributed by atoms with E-state index in [1.54, 1.807) is 6.26 Å². The summed E-state index contributed by atoms with van der Waals surface area (Å²) in [5.41, 5.74) is 2.82. The largest absolute Gasteiger partial charge is 0.468 e. The Morgan fingerprint density at radius 1 is 1.00 bits per heavy atom. The van der Waals surface area contributed by atoms with Crippen molar-refractivity contribution in [3.05, 3.63) is 59.5 Å². The topological polar surface area (TPSA) is 31.6 Å². The summed E-state index contributed by atoms with van der Waals surface area (Å²) in [5.74, 6) is 0.989. The van der Waals surface area contributed by atoms with Crippen molar-refractivity contribution in [3.8, 4) is 0 Å². The van der Waals surface area contributed by atoms with Crippen molar-refractivity contribution in [3.63, 3.8) is 0 Å². The van der Waals surface area contributed by atoms with Crippen LogP contribution in [0.2, 0.25) is 0 Å². The minimum absolute atomic E-state index is 0.223. The molecule has 4 heteroatoms. The van der Waals surface area contributed by atoms with E-state index < -0.39 is 0 Å². The summed E-state index contributed by atoms with van der Waals surface area (Å²) in [5, 5.41) is 3.57. The Balaban J connectivity index is 1.57. The van der Waals surface area contributed by atoms with Gasteiger partial charge in [-0.25, -0.2) is 0 Å². The van der Waals surface area contributed by atoms with Crippen LogP contribution in [-0.2, 0) is 13.1 Å². The van der Waals surface area contributed by atoms with Gasteiger partial charge in [0, 0.05) is 39.3 Å². The zero-order valence-electron chi connectivity index (χ0n) is 14.9. The van der Waals surface area contributed by atoms with Crippen LogP contribution in [0.1, 0.15) is 36.8 Å². The van der Waals surface area contributed by atoms with Gasteiger partial charge in [0.15, 0.2) is 0 Å². The zero-order chi connectivity index (χ0) is 16.8. The number of nitrogens with one attached hydrogen (secondary N) is 1. The number of nitrogens with zero attached hydrogens (tertiary/aromatic N) is 2. The summed E-state index contributed by atoms with van der Waals surface area (Å²) < 4.78 is 5.48. The Morgan fingerprint density at radius 3 is 2.38 bits per heavy atom. The van der Waals surface area contributed by atoms with E-state index in [1.165, 1.54) is 43.9 Å². The normalized spacial score (nSPS) is 17.9. The molecule has 0 spiro atoms. The highest BCUT2D eigenvalue weighted by Gasteiger charge is 2.16. The third-order valence-corrected chi connectivity index (χ3v) is 4.99. The summed E-state index contributed by atoms with van der Waals surface area (Å²) in [6.07, 6.45) is 1.73. The Kier molecular flexibility index (Phi) is 6.07. The van der Waals surface area contributed by atoms with Crippen LogP contribution in [0.4, 0.5) is 0 Å². The fourth-order valence-electron chi connectivity index (χ4n) is 3.29. The van der Waals surface area contributed by atoms with Crippen LogP contribution in [-0.4, -0.2) is 42.5 Å². The fraction of sp³-hybridized carbons (Fsp3) is 0.500. The number of piperazine rings is 1. The smallest absolute Gasteiger partial charge is 0.120 e. The van der Waals surface area contributed by atoms with Gasteiger partial charge in [0.05, 0.1) is 12.3 Å². The van der Waals surface area contributed by atoms with Crippen molar-refractivity contribution in [2.45, 2.75) is 33.0 Å². The second kappa shape index (κ2) is 8.47. The first kappa shape index (κ1) is 17.2. The molecular weight excluding hydrogens is 298 g/mol. The summed E-state index contributed by atoms with van der Waals surface area (Å²) in [6, 6.07) is 13.0. The minimum atomic E-state index is 0.223. The average molecular weight is 327 g/mol. The van der Waals surface area contributed by atoms with Crippen molar-refractivity contribution in [2.75, 3.05) is 32.7 Å². The first-order valence-corrected chi connectivity index (χ1v) is 9.04. The van der Waals surface area contributed by atoms with Gasteiger partial charge in [-0.15, -0.1) is 0 Å². The predicted octanol–water partition coefficient (Wildman–Crippen LogP) is 3.27. The van der Waals surface area contributed by atoms with Gasteiger partial charge in [0.1, 0.15) is 5.76 Å². The lowest BCUT2D eigenvalue weighted by atomic mass is 10.1. The number of rotatable bonds is 7. The molecule has 1 saturated heterocycles. The SMILES string of the molecule is CCN1CCN(Cc2ccccc2CNC(C)c2ccco2)CC1. The Hall–Kier alpha value is -1.62. The molecular formula is C20H29N3O. The Labute approximate surface area is 145 Å². The van der Waals surface area contributed by atoms with Crippen LogP contribution in [0.3, 0.4) is 0 Å². The van der Waals surface area contributed by atoms with Crippen molar-refractivity contribution < 1.29 is 4.42 Å². The molecule has 1 N–H and O–H groups in total. The molecule has 2 heterocycles. The summed E-state index contributed by atoms with van der Waals surface area (Å²) in [6.45, 7) is 12.2. The number of likely N-dealkylation sites (N-methyl/N-ethyl adjacent to an activating group) is 1. The summed E-state index contributed by atoms with van der Waals surface area (Å²) >= 11 is 0. The van der Waals surface area contributed by atoms with Crippen molar-refractivity contribution in [1.29, 1.82) is 0 Å². The molecule has 1 fully saturated rings. The Morgan fingerprint density at radius 2 is 1.71 bits per heavy atom. The van der Waals surface area contributed by atoms with E-state index in [9.17, 15) is 0 Å². The molecule has 4 nitrogen and oxygen atoms in total. The quantitative estimate of drug-likeness (QED) is 0.846. The van der Waals surface area contributed by atoms with Gasteiger partial charge in [-0.05, 0) is 36.7 Å². The molecule has 0 amide bonds. The van der Waals surface area contributed by atoms with Gasteiger partial charge < -0.3 is 14.6 Å². The van der Waals surface area contributed by atoms with Gasteiger partial charge in [0.2, 0.25) is 0 Å². The van der Waals surface area contributed by atoms with E-state index in [-0.39, 0.29) is 6.04 Å². The monoisotopic (exact) mass is 327 g/mol. The number of hydrogen-bond acceptors (Lipinski definition) is 4. The molecule has 130 valence electrons. The van der Waals surface area contributed by atoms with E-state index >= 15 is 0 Å². The van der Waals surface area contributed by atoms with E-state index in [4.69, 9.17) is 4.42 Å². The third kappa shape index (κ3) is 4.47. The van der Waals surface area contributed by atoms with Crippen LogP contribution in [0.25, 0.3) is 0 Å².